The first kappa shape index (κ1) is 24.9. The summed E-state index contributed by atoms with van der Waals surface area (Å²) in [7, 11) is -2.51. The SMILES string of the molecule is Clc1ccc(-c2nc([P+](c3ccccc3)(c3ccccc3)c3ccccc3)c(NNc3ccccc3)o2)cc1. The molecule has 0 aliphatic carbocycles. The van der Waals surface area contributed by atoms with E-state index in [1.165, 1.54) is 15.9 Å². The van der Waals surface area contributed by atoms with Gasteiger partial charge in [0.2, 0.25) is 5.89 Å². The summed E-state index contributed by atoms with van der Waals surface area (Å²) in [6.45, 7) is 0. The molecule has 0 spiro atoms. The number of nitrogens with zero attached hydrogens (tertiary/aromatic N) is 1. The predicted molar refractivity (Wildman–Crippen MR) is 165 cm³/mol. The van der Waals surface area contributed by atoms with Gasteiger partial charge in [0.1, 0.15) is 15.9 Å². The van der Waals surface area contributed by atoms with E-state index in [2.05, 4.69) is 83.6 Å². The van der Waals surface area contributed by atoms with Crippen LogP contribution >= 0.6 is 18.9 Å². The van der Waals surface area contributed by atoms with Gasteiger partial charge in [-0.1, -0.05) is 84.4 Å². The fourth-order valence-electron chi connectivity index (χ4n) is 4.76. The smallest absolute Gasteiger partial charge is 0.278 e. The fourth-order valence-corrected chi connectivity index (χ4v) is 9.02. The first-order valence-corrected chi connectivity index (χ1v) is 14.8. The Morgan fingerprint density at radius 2 is 1.00 bits per heavy atom. The number of nitrogens with one attached hydrogen (secondary N) is 2. The normalized spacial score (nSPS) is 11.2. The highest BCUT2D eigenvalue weighted by Crippen LogP contribution is 2.55. The van der Waals surface area contributed by atoms with Crippen molar-refractivity contribution >= 4 is 51.8 Å². The molecular formula is C33H26ClN3OP+. The number of halogens is 1. The highest BCUT2D eigenvalue weighted by Gasteiger charge is 2.53. The highest BCUT2D eigenvalue weighted by molar-refractivity contribution is 8.01. The van der Waals surface area contributed by atoms with Crippen LogP contribution < -0.4 is 32.2 Å². The molecule has 0 amide bonds. The van der Waals surface area contributed by atoms with Gasteiger partial charge >= 0.3 is 0 Å². The lowest BCUT2D eigenvalue weighted by molar-refractivity contribution is 0.590. The summed E-state index contributed by atoms with van der Waals surface area (Å²) in [5.41, 5.74) is 9.29. The first-order valence-electron chi connectivity index (χ1n) is 12.7. The summed E-state index contributed by atoms with van der Waals surface area (Å²) in [6.07, 6.45) is 0. The molecule has 2 N–H and O–H groups in total. The van der Waals surface area contributed by atoms with Crippen LogP contribution in [0.3, 0.4) is 0 Å². The Labute approximate surface area is 233 Å². The number of oxazole rings is 1. The molecule has 5 aromatic carbocycles. The Morgan fingerprint density at radius 3 is 1.49 bits per heavy atom. The molecule has 190 valence electrons. The summed E-state index contributed by atoms with van der Waals surface area (Å²) < 4.78 is 6.53. The van der Waals surface area contributed by atoms with E-state index in [0.29, 0.717) is 16.8 Å². The maximum Gasteiger partial charge on any atom is 0.278 e. The Balaban J connectivity index is 1.63. The monoisotopic (exact) mass is 546 g/mol. The van der Waals surface area contributed by atoms with Gasteiger partial charge in [-0.2, -0.15) is 4.98 Å². The molecule has 0 saturated heterocycles. The Morgan fingerprint density at radius 1 is 0.538 bits per heavy atom. The zero-order valence-electron chi connectivity index (χ0n) is 21.0. The van der Waals surface area contributed by atoms with Crippen LogP contribution in [0.25, 0.3) is 11.5 Å². The van der Waals surface area contributed by atoms with Crippen LogP contribution in [-0.4, -0.2) is 4.98 Å². The van der Waals surface area contributed by atoms with Crippen LogP contribution in [0.4, 0.5) is 11.6 Å². The number of hydrazine groups is 1. The second kappa shape index (κ2) is 11.2. The zero-order chi connectivity index (χ0) is 26.5. The fraction of sp³-hybridized carbons (Fsp3) is 0. The second-order valence-corrected chi connectivity index (χ2v) is 12.7. The highest BCUT2D eigenvalue weighted by atomic mass is 35.5. The molecule has 0 radical (unpaired) electrons. The lowest BCUT2D eigenvalue weighted by Gasteiger charge is -2.25. The lowest BCUT2D eigenvalue weighted by atomic mass is 10.2. The molecule has 0 saturated carbocycles. The van der Waals surface area contributed by atoms with Crippen molar-refractivity contribution in [1.82, 2.24) is 4.98 Å². The van der Waals surface area contributed by atoms with E-state index < -0.39 is 7.26 Å². The van der Waals surface area contributed by atoms with Gasteiger partial charge < -0.3 is 4.42 Å². The predicted octanol–water partition coefficient (Wildman–Crippen LogP) is 7.05. The molecule has 0 fully saturated rings. The number of hydrogen-bond donors (Lipinski definition) is 2. The topological polar surface area (TPSA) is 50.1 Å². The molecule has 1 heterocycles. The molecule has 39 heavy (non-hydrogen) atoms. The van der Waals surface area contributed by atoms with Crippen molar-refractivity contribution < 1.29 is 4.42 Å². The van der Waals surface area contributed by atoms with Gasteiger partial charge in [0, 0.05) is 10.6 Å². The minimum atomic E-state index is -2.51. The van der Waals surface area contributed by atoms with Crippen molar-refractivity contribution in [2.24, 2.45) is 0 Å². The summed E-state index contributed by atoms with van der Waals surface area (Å²) in [5.74, 6) is 1.08. The van der Waals surface area contributed by atoms with Crippen molar-refractivity contribution in [3.05, 3.63) is 151 Å². The third-order valence-corrected chi connectivity index (χ3v) is 11.0. The zero-order valence-corrected chi connectivity index (χ0v) is 22.7. The van der Waals surface area contributed by atoms with Crippen molar-refractivity contribution in [3.8, 4) is 11.5 Å². The van der Waals surface area contributed by atoms with Gasteiger partial charge in [0.05, 0.1) is 5.69 Å². The third kappa shape index (κ3) is 4.93. The Bertz CT molecular complexity index is 1550. The summed E-state index contributed by atoms with van der Waals surface area (Å²) in [6, 6.07) is 49.4. The molecule has 0 unspecified atom stereocenters. The maximum atomic E-state index is 6.53. The molecule has 0 bridgehead atoms. The molecule has 0 aliphatic rings. The van der Waals surface area contributed by atoms with E-state index in [1.54, 1.807) is 0 Å². The number of para-hydroxylation sites is 1. The summed E-state index contributed by atoms with van der Waals surface area (Å²) >= 11 is 6.20. The number of aromatic nitrogens is 1. The van der Waals surface area contributed by atoms with E-state index in [0.717, 1.165) is 16.7 Å². The number of benzene rings is 5. The van der Waals surface area contributed by atoms with Crippen molar-refractivity contribution in [3.63, 3.8) is 0 Å². The van der Waals surface area contributed by atoms with Crippen LogP contribution in [0.5, 0.6) is 0 Å². The van der Waals surface area contributed by atoms with Gasteiger partial charge in [-0.15, -0.1) is 0 Å². The van der Waals surface area contributed by atoms with Crippen LogP contribution in [-0.2, 0) is 0 Å². The van der Waals surface area contributed by atoms with Crippen molar-refractivity contribution in [2.45, 2.75) is 0 Å². The molecular weight excluding hydrogens is 521 g/mol. The lowest BCUT2D eigenvalue weighted by Crippen LogP contribution is -2.40. The average molecular weight is 547 g/mol. The second-order valence-electron chi connectivity index (χ2n) is 8.97. The van der Waals surface area contributed by atoms with E-state index in [4.69, 9.17) is 21.0 Å². The van der Waals surface area contributed by atoms with E-state index in [9.17, 15) is 0 Å². The van der Waals surface area contributed by atoms with Crippen LogP contribution in [0.2, 0.25) is 5.02 Å². The number of rotatable bonds is 8. The van der Waals surface area contributed by atoms with Gasteiger partial charge in [0.25, 0.3) is 11.3 Å². The molecule has 0 atom stereocenters. The minimum Gasteiger partial charge on any atom is -0.415 e. The standard InChI is InChI=1S/C33H26ClN3OP/c34-26-23-21-25(22-24-26)31-35-33(32(38-31)37-36-27-13-5-1-6-14-27)39(28-15-7-2-8-16-28,29-17-9-3-10-18-29)30-19-11-4-12-20-30/h1-24,36-37H/q+1. The number of hydrogen-bond acceptors (Lipinski definition) is 4. The Hall–Kier alpha value is -4.37. The average Bonchev–Trinajstić information content (AvgIpc) is 3.43. The van der Waals surface area contributed by atoms with E-state index in [1.807, 2.05) is 72.8 Å². The van der Waals surface area contributed by atoms with Crippen LogP contribution in [0.15, 0.2) is 150 Å². The van der Waals surface area contributed by atoms with Gasteiger partial charge in [-0.25, -0.2) is 0 Å². The van der Waals surface area contributed by atoms with Crippen LogP contribution in [0, 0.1) is 0 Å². The molecule has 6 aromatic rings. The Kier molecular flexibility index (Phi) is 7.14. The van der Waals surface area contributed by atoms with Crippen molar-refractivity contribution in [2.75, 3.05) is 10.9 Å². The van der Waals surface area contributed by atoms with Gasteiger partial charge in [0.15, 0.2) is 7.26 Å². The van der Waals surface area contributed by atoms with E-state index >= 15 is 0 Å². The van der Waals surface area contributed by atoms with E-state index in [-0.39, 0.29) is 0 Å². The third-order valence-electron chi connectivity index (χ3n) is 6.54. The molecule has 6 rings (SSSR count). The minimum absolute atomic E-state index is 0.520. The summed E-state index contributed by atoms with van der Waals surface area (Å²) in [4.78, 5) is 5.26. The van der Waals surface area contributed by atoms with Gasteiger partial charge in [-0.05, 0) is 72.8 Å². The molecule has 6 heteroatoms. The van der Waals surface area contributed by atoms with Crippen molar-refractivity contribution in [1.29, 1.82) is 0 Å². The quantitative estimate of drug-likeness (QED) is 0.159. The molecule has 1 aromatic heterocycles. The molecule has 0 aliphatic heterocycles. The largest absolute Gasteiger partial charge is 0.415 e. The first-order chi connectivity index (χ1) is 19.2. The van der Waals surface area contributed by atoms with Crippen LogP contribution in [0.1, 0.15) is 0 Å². The van der Waals surface area contributed by atoms with Gasteiger partial charge in [-0.3, -0.25) is 10.9 Å². The molecule has 4 nitrogen and oxygen atoms in total. The maximum absolute atomic E-state index is 6.53. The number of anilines is 2. The summed E-state index contributed by atoms with van der Waals surface area (Å²) in [5, 5.41) is 4.21.